The number of benzene rings is 2. The first-order valence-electron chi connectivity index (χ1n) is 11.3. The van der Waals surface area contributed by atoms with E-state index in [1.807, 2.05) is 48.9 Å². The second-order valence-corrected chi connectivity index (χ2v) is 8.65. The molecule has 0 bridgehead atoms. The first-order valence-corrected chi connectivity index (χ1v) is 11.3. The second kappa shape index (κ2) is 8.62. The molecule has 1 aliphatic rings. The quantitative estimate of drug-likeness (QED) is 0.460. The second-order valence-electron chi connectivity index (χ2n) is 8.65. The third-order valence-electron chi connectivity index (χ3n) is 6.52. The Morgan fingerprint density at radius 1 is 1.09 bits per heavy atom. The van der Waals surface area contributed by atoms with Gasteiger partial charge in [-0.15, -0.1) is 0 Å². The molecule has 0 saturated heterocycles. The lowest BCUT2D eigenvalue weighted by Crippen LogP contribution is -2.30. The molecule has 1 unspecified atom stereocenters. The zero-order chi connectivity index (χ0) is 22.9. The van der Waals surface area contributed by atoms with Crippen LogP contribution in [-0.4, -0.2) is 21.7 Å². The molecule has 0 fully saturated rings. The molecule has 33 heavy (non-hydrogen) atoms. The zero-order valence-electron chi connectivity index (χ0n) is 19.2. The lowest BCUT2D eigenvalue weighted by molar-refractivity contribution is 0.0948. The van der Waals surface area contributed by atoms with Crippen molar-refractivity contribution < 1.29 is 9.21 Å². The monoisotopic (exact) mass is 440 g/mol. The molecule has 1 atom stereocenters. The van der Waals surface area contributed by atoms with Crippen LogP contribution in [0.5, 0.6) is 0 Å². The van der Waals surface area contributed by atoms with E-state index in [0.29, 0.717) is 30.5 Å². The molecule has 6 heteroatoms. The Hall–Kier alpha value is -3.80. The van der Waals surface area contributed by atoms with E-state index in [9.17, 15) is 4.79 Å². The highest BCUT2D eigenvalue weighted by Gasteiger charge is 2.28. The van der Waals surface area contributed by atoms with Gasteiger partial charge in [-0.3, -0.25) is 4.79 Å². The van der Waals surface area contributed by atoms with Crippen molar-refractivity contribution >= 4 is 11.6 Å². The minimum absolute atomic E-state index is 0.134. The van der Waals surface area contributed by atoms with Gasteiger partial charge in [0.25, 0.3) is 5.91 Å². The van der Waals surface area contributed by atoms with Crippen LogP contribution in [0.25, 0.3) is 5.69 Å². The van der Waals surface area contributed by atoms with Gasteiger partial charge >= 0.3 is 0 Å². The SMILES string of the molecule is Cc1nn(-c2ccccc2)c(C)c1CNC(=O)c1ccoc1CN1c2ccccc2CC1C. The Balaban J connectivity index is 1.31. The highest BCUT2D eigenvalue weighted by Crippen LogP contribution is 2.33. The summed E-state index contributed by atoms with van der Waals surface area (Å²) >= 11 is 0. The summed E-state index contributed by atoms with van der Waals surface area (Å²) in [6, 6.07) is 20.6. The van der Waals surface area contributed by atoms with Crippen LogP contribution in [0.1, 0.15) is 45.6 Å². The lowest BCUT2D eigenvalue weighted by atomic mass is 10.1. The lowest BCUT2D eigenvalue weighted by Gasteiger charge is -2.24. The van der Waals surface area contributed by atoms with Gasteiger partial charge in [0.1, 0.15) is 5.76 Å². The van der Waals surface area contributed by atoms with Gasteiger partial charge in [-0.25, -0.2) is 4.68 Å². The highest BCUT2D eigenvalue weighted by molar-refractivity contribution is 5.95. The van der Waals surface area contributed by atoms with Crippen LogP contribution >= 0.6 is 0 Å². The number of para-hydroxylation sites is 2. The number of aromatic nitrogens is 2. The molecule has 0 aliphatic carbocycles. The van der Waals surface area contributed by atoms with Crippen LogP contribution in [0, 0.1) is 13.8 Å². The van der Waals surface area contributed by atoms with Gasteiger partial charge in [0, 0.05) is 29.5 Å². The smallest absolute Gasteiger partial charge is 0.255 e. The fourth-order valence-corrected chi connectivity index (χ4v) is 4.71. The fourth-order valence-electron chi connectivity index (χ4n) is 4.71. The van der Waals surface area contributed by atoms with Gasteiger partial charge in [-0.2, -0.15) is 5.10 Å². The molecule has 0 spiro atoms. The number of anilines is 1. The van der Waals surface area contributed by atoms with Crippen molar-refractivity contribution in [1.29, 1.82) is 0 Å². The van der Waals surface area contributed by atoms with Crippen molar-refractivity contribution in [3.63, 3.8) is 0 Å². The Morgan fingerprint density at radius 3 is 2.67 bits per heavy atom. The van der Waals surface area contributed by atoms with E-state index < -0.39 is 0 Å². The average molecular weight is 441 g/mol. The Kier molecular flexibility index (Phi) is 5.50. The zero-order valence-corrected chi connectivity index (χ0v) is 19.2. The summed E-state index contributed by atoms with van der Waals surface area (Å²) in [5.74, 6) is 0.551. The molecule has 3 heterocycles. The van der Waals surface area contributed by atoms with E-state index in [4.69, 9.17) is 4.42 Å². The topological polar surface area (TPSA) is 63.3 Å². The summed E-state index contributed by atoms with van der Waals surface area (Å²) in [5, 5.41) is 7.75. The van der Waals surface area contributed by atoms with Crippen LogP contribution in [0.4, 0.5) is 5.69 Å². The standard InChI is InChI=1S/C27H28N4O2/c1-18-15-21-9-7-8-12-25(21)30(18)17-26-23(13-14-33-26)27(32)28-16-24-19(2)29-31(20(24)3)22-10-5-4-6-11-22/h4-14,18H,15-17H2,1-3H3,(H,28,32). The fraction of sp³-hybridized carbons (Fsp3) is 0.259. The van der Waals surface area contributed by atoms with E-state index in [1.165, 1.54) is 11.3 Å². The molecule has 1 amide bonds. The van der Waals surface area contributed by atoms with Gasteiger partial charge in [-0.05, 0) is 57.0 Å². The van der Waals surface area contributed by atoms with Crippen molar-refractivity contribution in [3.05, 3.63) is 101 Å². The van der Waals surface area contributed by atoms with E-state index >= 15 is 0 Å². The van der Waals surface area contributed by atoms with Crippen molar-refractivity contribution in [3.8, 4) is 5.69 Å². The number of aryl methyl sites for hydroxylation is 1. The van der Waals surface area contributed by atoms with Crippen molar-refractivity contribution in [1.82, 2.24) is 15.1 Å². The summed E-state index contributed by atoms with van der Waals surface area (Å²) in [6.45, 7) is 7.20. The largest absolute Gasteiger partial charge is 0.467 e. The summed E-state index contributed by atoms with van der Waals surface area (Å²) in [7, 11) is 0. The molecule has 0 saturated carbocycles. The molecule has 2 aromatic carbocycles. The number of furan rings is 1. The maximum Gasteiger partial charge on any atom is 0.255 e. The minimum Gasteiger partial charge on any atom is -0.467 e. The van der Waals surface area contributed by atoms with Gasteiger partial charge in [0.2, 0.25) is 0 Å². The minimum atomic E-state index is -0.134. The van der Waals surface area contributed by atoms with Crippen molar-refractivity contribution in [2.75, 3.05) is 4.90 Å². The molecule has 4 aromatic rings. The first kappa shape index (κ1) is 21.1. The molecule has 2 aromatic heterocycles. The van der Waals surface area contributed by atoms with E-state index in [2.05, 4.69) is 46.5 Å². The van der Waals surface area contributed by atoms with Crippen LogP contribution in [0.3, 0.4) is 0 Å². The predicted molar refractivity (Wildman–Crippen MR) is 129 cm³/mol. The summed E-state index contributed by atoms with van der Waals surface area (Å²) in [4.78, 5) is 15.4. The number of carbonyl (C=O) groups is 1. The molecule has 1 aliphatic heterocycles. The molecule has 5 rings (SSSR count). The van der Waals surface area contributed by atoms with Crippen molar-refractivity contribution in [2.24, 2.45) is 0 Å². The van der Waals surface area contributed by atoms with Crippen LogP contribution in [0.15, 0.2) is 71.3 Å². The van der Waals surface area contributed by atoms with Gasteiger partial charge < -0.3 is 14.6 Å². The Morgan fingerprint density at radius 2 is 1.85 bits per heavy atom. The van der Waals surface area contributed by atoms with Crippen LogP contribution < -0.4 is 10.2 Å². The van der Waals surface area contributed by atoms with E-state index in [1.54, 1.807) is 12.3 Å². The number of fused-ring (bicyclic) bond motifs is 1. The van der Waals surface area contributed by atoms with Gasteiger partial charge in [-0.1, -0.05) is 36.4 Å². The molecular formula is C27H28N4O2. The molecule has 168 valence electrons. The predicted octanol–water partition coefficient (Wildman–Crippen LogP) is 4.96. The van der Waals surface area contributed by atoms with Gasteiger partial charge in [0.15, 0.2) is 0 Å². The number of amides is 1. The van der Waals surface area contributed by atoms with E-state index in [-0.39, 0.29) is 5.91 Å². The average Bonchev–Trinajstić information content (AvgIpc) is 3.50. The molecular weight excluding hydrogens is 412 g/mol. The Labute approximate surface area is 193 Å². The van der Waals surface area contributed by atoms with Crippen molar-refractivity contribution in [2.45, 2.75) is 46.3 Å². The number of nitrogens with zero attached hydrogens (tertiary/aromatic N) is 3. The van der Waals surface area contributed by atoms with Crippen LogP contribution in [-0.2, 0) is 19.5 Å². The normalized spacial score (nSPS) is 15.0. The number of hydrogen-bond donors (Lipinski definition) is 1. The number of carbonyl (C=O) groups excluding carboxylic acids is 1. The summed E-state index contributed by atoms with van der Waals surface area (Å²) in [6.07, 6.45) is 2.60. The Bertz CT molecular complexity index is 1290. The third-order valence-corrected chi connectivity index (χ3v) is 6.52. The number of hydrogen-bond acceptors (Lipinski definition) is 4. The number of rotatable bonds is 6. The molecule has 0 radical (unpaired) electrons. The van der Waals surface area contributed by atoms with Gasteiger partial charge in [0.05, 0.1) is 29.8 Å². The summed E-state index contributed by atoms with van der Waals surface area (Å²) < 4.78 is 7.68. The summed E-state index contributed by atoms with van der Waals surface area (Å²) in [5.41, 5.74) is 7.10. The highest BCUT2D eigenvalue weighted by atomic mass is 16.3. The maximum absolute atomic E-state index is 13.1. The maximum atomic E-state index is 13.1. The number of nitrogens with one attached hydrogen (secondary N) is 1. The molecule has 1 N–H and O–H groups in total. The first-order chi connectivity index (χ1) is 16.0. The molecule has 6 nitrogen and oxygen atoms in total. The van der Waals surface area contributed by atoms with Crippen LogP contribution in [0.2, 0.25) is 0 Å². The van der Waals surface area contributed by atoms with E-state index in [0.717, 1.165) is 29.1 Å². The third kappa shape index (κ3) is 3.93.